The molecule has 21 heavy (non-hydrogen) atoms. The Kier molecular flexibility index (Phi) is 5.30. The van der Waals surface area contributed by atoms with Crippen LogP contribution in [0.4, 0.5) is 13.2 Å². The molecule has 0 radical (unpaired) electrons. The normalized spacial score (nSPS) is 25.0. The molecule has 1 aromatic rings. The van der Waals surface area contributed by atoms with Gasteiger partial charge in [0.05, 0.1) is 17.7 Å². The summed E-state index contributed by atoms with van der Waals surface area (Å²) in [6, 6.07) is 2.06. The minimum atomic E-state index is -4.04. The quantitative estimate of drug-likeness (QED) is 0.896. The molecule has 1 heterocycles. The molecule has 0 amide bonds. The van der Waals surface area contributed by atoms with Crippen LogP contribution in [0.1, 0.15) is 50.8 Å². The van der Waals surface area contributed by atoms with Gasteiger partial charge >= 0.3 is 6.18 Å². The fraction of sp³-hybridized carbons (Fsp3) is 0.800. The van der Waals surface area contributed by atoms with Crippen LogP contribution in [-0.2, 0) is 7.05 Å². The number of aromatic nitrogens is 2. The molecule has 2 rings (SSSR count). The lowest BCUT2D eigenvalue weighted by Gasteiger charge is -2.35. The first-order chi connectivity index (χ1) is 9.93. The maximum absolute atomic E-state index is 12.8. The first-order valence-corrected chi connectivity index (χ1v) is 7.71. The summed E-state index contributed by atoms with van der Waals surface area (Å²) in [5.74, 6) is -0.863. The van der Waals surface area contributed by atoms with Crippen LogP contribution in [0.3, 0.4) is 0 Å². The molecule has 1 fully saturated rings. The molecule has 1 unspecified atom stereocenters. The lowest BCUT2D eigenvalue weighted by Crippen LogP contribution is -2.35. The summed E-state index contributed by atoms with van der Waals surface area (Å²) < 4.78 is 40.2. The Morgan fingerprint density at radius 1 is 1.33 bits per heavy atom. The lowest BCUT2D eigenvalue weighted by atomic mass is 9.77. The Labute approximate surface area is 123 Å². The molecule has 1 aliphatic rings. The molecule has 1 aromatic heterocycles. The highest BCUT2D eigenvalue weighted by molar-refractivity contribution is 5.09. The van der Waals surface area contributed by atoms with E-state index in [4.69, 9.17) is 0 Å². The fourth-order valence-corrected chi connectivity index (χ4v) is 3.28. The number of alkyl halides is 3. The van der Waals surface area contributed by atoms with E-state index >= 15 is 0 Å². The van der Waals surface area contributed by atoms with Crippen LogP contribution in [0.25, 0.3) is 0 Å². The van der Waals surface area contributed by atoms with E-state index in [1.165, 1.54) is 0 Å². The second kappa shape index (κ2) is 6.81. The number of hydrogen-bond donors (Lipinski definition) is 1. The number of aryl methyl sites for hydroxylation is 1. The highest BCUT2D eigenvalue weighted by Crippen LogP contribution is 2.43. The monoisotopic (exact) mass is 303 g/mol. The summed E-state index contributed by atoms with van der Waals surface area (Å²) in [6.07, 6.45) is 0.452. The Bertz CT molecular complexity index is 434. The fourth-order valence-electron chi connectivity index (χ4n) is 3.28. The predicted octanol–water partition coefficient (Wildman–Crippen LogP) is 3.83. The largest absolute Gasteiger partial charge is 0.391 e. The highest BCUT2D eigenvalue weighted by Gasteiger charge is 2.42. The van der Waals surface area contributed by atoms with Crippen LogP contribution < -0.4 is 5.32 Å². The van der Waals surface area contributed by atoms with Gasteiger partial charge in [-0.3, -0.25) is 4.68 Å². The number of hydrogen-bond acceptors (Lipinski definition) is 2. The molecule has 0 aromatic carbocycles. The van der Waals surface area contributed by atoms with Crippen LogP contribution in [-0.4, -0.2) is 22.5 Å². The third-order valence-electron chi connectivity index (χ3n) is 4.50. The minimum Gasteiger partial charge on any atom is -0.308 e. The van der Waals surface area contributed by atoms with Gasteiger partial charge in [0.25, 0.3) is 0 Å². The van der Waals surface area contributed by atoms with Crippen LogP contribution in [0.2, 0.25) is 0 Å². The second-order valence-electron chi connectivity index (χ2n) is 5.96. The molecule has 0 bridgehead atoms. The van der Waals surface area contributed by atoms with Crippen molar-refractivity contribution in [1.82, 2.24) is 15.1 Å². The molecular weight excluding hydrogens is 279 g/mol. The first kappa shape index (κ1) is 16.3. The molecule has 1 saturated carbocycles. The van der Waals surface area contributed by atoms with Gasteiger partial charge in [-0.25, -0.2) is 0 Å². The molecule has 0 aliphatic heterocycles. The first-order valence-electron chi connectivity index (χ1n) is 7.71. The standard InChI is InChI=1S/C15H24F3N3/c1-3-9-19-14(13-8-10-20-21(13)2)11-4-6-12(7-5-11)15(16,17)18/h8,10-12,14,19H,3-7,9H2,1-2H3. The van der Waals surface area contributed by atoms with E-state index in [0.717, 1.165) is 18.7 Å². The average molecular weight is 303 g/mol. The molecular formula is C15H24F3N3. The van der Waals surface area contributed by atoms with Gasteiger partial charge in [0.2, 0.25) is 0 Å². The van der Waals surface area contributed by atoms with Gasteiger partial charge in [0, 0.05) is 13.2 Å². The second-order valence-corrected chi connectivity index (χ2v) is 5.96. The summed E-state index contributed by atoms with van der Waals surface area (Å²) in [7, 11) is 1.89. The third-order valence-corrected chi connectivity index (χ3v) is 4.50. The van der Waals surface area contributed by atoms with Crippen molar-refractivity contribution in [3.63, 3.8) is 0 Å². The van der Waals surface area contributed by atoms with Crippen molar-refractivity contribution < 1.29 is 13.2 Å². The number of nitrogens with zero attached hydrogens (tertiary/aromatic N) is 2. The molecule has 3 nitrogen and oxygen atoms in total. The van der Waals surface area contributed by atoms with Crippen molar-refractivity contribution in [1.29, 1.82) is 0 Å². The Morgan fingerprint density at radius 3 is 2.48 bits per heavy atom. The van der Waals surface area contributed by atoms with Gasteiger partial charge in [-0.05, 0) is 50.6 Å². The van der Waals surface area contributed by atoms with Crippen molar-refractivity contribution >= 4 is 0 Å². The molecule has 120 valence electrons. The lowest BCUT2D eigenvalue weighted by molar-refractivity contribution is -0.184. The summed E-state index contributed by atoms with van der Waals surface area (Å²) in [5.41, 5.74) is 1.07. The zero-order valence-corrected chi connectivity index (χ0v) is 12.7. The molecule has 0 spiro atoms. The zero-order chi connectivity index (χ0) is 15.5. The van der Waals surface area contributed by atoms with Crippen molar-refractivity contribution in [3.05, 3.63) is 18.0 Å². The smallest absolute Gasteiger partial charge is 0.308 e. The predicted molar refractivity (Wildman–Crippen MR) is 75.7 cm³/mol. The SMILES string of the molecule is CCCNC(c1ccnn1C)C1CCC(C(F)(F)F)CC1. The summed E-state index contributed by atoms with van der Waals surface area (Å²) in [6.45, 7) is 2.96. The van der Waals surface area contributed by atoms with Crippen LogP contribution in [0.5, 0.6) is 0 Å². The molecule has 0 saturated heterocycles. The number of rotatable bonds is 5. The van der Waals surface area contributed by atoms with E-state index in [2.05, 4.69) is 17.3 Å². The third kappa shape index (κ3) is 3.99. The van der Waals surface area contributed by atoms with Crippen molar-refractivity contribution in [3.8, 4) is 0 Å². The Hall–Kier alpha value is -1.04. The summed E-state index contributed by atoms with van der Waals surface area (Å²) in [4.78, 5) is 0. The van der Waals surface area contributed by atoms with Gasteiger partial charge in [0.1, 0.15) is 0 Å². The van der Waals surface area contributed by atoms with Crippen LogP contribution >= 0.6 is 0 Å². The van der Waals surface area contributed by atoms with Crippen molar-refractivity contribution in [2.45, 2.75) is 51.2 Å². The van der Waals surface area contributed by atoms with E-state index < -0.39 is 12.1 Å². The molecule has 1 N–H and O–H groups in total. The van der Waals surface area contributed by atoms with E-state index in [-0.39, 0.29) is 24.8 Å². The van der Waals surface area contributed by atoms with E-state index in [1.807, 2.05) is 17.8 Å². The zero-order valence-electron chi connectivity index (χ0n) is 12.7. The number of nitrogens with one attached hydrogen (secondary N) is 1. The average Bonchev–Trinajstić information content (AvgIpc) is 2.85. The van der Waals surface area contributed by atoms with Gasteiger partial charge in [-0.2, -0.15) is 18.3 Å². The minimum absolute atomic E-state index is 0.103. The van der Waals surface area contributed by atoms with E-state index in [0.29, 0.717) is 12.8 Å². The van der Waals surface area contributed by atoms with Crippen LogP contribution in [0.15, 0.2) is 12.3 Å². The maximum atomic E-state index is 12.8. The molecule has 1 aliphatic carbocycles. The Balaban J connectivity index is 2.04. The topological polar surface area (TPSA) is 29.9 Å². The van der Waals surface area contributed by atoms with Crippen molar-refractivity contribution in [2.75, 3.05) is 6.54 Å². The van der Waals surface area contributed by atoms with E-state index in [1.54, 1.807) is 6.20 Å². The van der Waals surface area contributed by atoms with Crippen LogP contribution in [0, 0.1) is 11.8 Å². The summed E-state index contributed by atoms with van der Waals surface area (Å²) >= 11 is 0. The summed E-state index contributed by atoms with van der Waals surface area (Å²) in [5, 5.41) is 7.69. The Morgan fingerprint density at radius 2 is 2.00 bits per heavy atom. The molecule has 6 heteroatoms. The maximum Gasteiger partial charge on any atom is 0.391 e. The van der Waals surface area contributed by atoms with Gasteiger partial charge < -0.3 is 5.32 Å². The van der Waals surface area contributed by atoms with Gasteiger partial charge in [-0.1, -0.05) is 6.92 Å². The van der Waals surface area contributed by atoms with Gasteiger partial charge in [-0.15, -0.1) is 0 Å². The highest BCUT2D eigenvalue weighted by atomic mass is 19.4. The number of halogens is 3. The van der Waals surface area contributed by atoms with Crippen molar-refractivity contribution in [2.24, 2.45) is 18.9 Å². The molecule has 1 atom stereocenters. The van der Waals surface area contributed by atoms with Gasteiger partial charge in [0.15, 0.2) is 0 Å². The van der Waals surface area contributed by atoms with E-state index in [9.17, 15) is 13.2 Å².